The molecule has 0 aromatic heterocycles. The van der Waals surface area contributed by atoms with Crippen molar-refractivity contribution in [3.05, 3.63) is 66.2 Å². The largest absolute Gasteiger partial charge is 0.456 e. The molecule has 4 aromatic rings. The van der Waals surface area contributed by atoms with Crippen molar-refractivity contribution in [1.29, 1.82) is 0 Å². The van der Waals surface area contributed by atoms with Gasteiger partial charge in [-0.05, 0) is 64.6 Å². The monoisotopic (exact) mass is 378 g/mol. The smallest absolute Gasteiger partial charge is 0.136 e. The van der Waals surface area contributed by atoms with Crippen LogP contribution in [0.25, 0.3) is 60.6 Å². The second kappa shape index (κ2) is 5.21. The van der Waals surface area contributed by atoms with E-state index in [1.807, 2.05) is 6.92 Å². The summed E-state index contributed by atoms with van der Waals surface area (Å²) in [5.41, 5.74) is 9.34. The molecule has 2 nitrogen and oxygen atoms in total. The third kappa shape index (κ3) is 2.17. The van der Waals surface area contributed by atoms with Crippen LogP contribution in [0.1, 0.15) is 38.8 Å². The van der Waals surface area contributed by atoms with E-state index in [-0.39, 0.29) is 5.41 Å². The SMILES string of the molecule is C=C(C)c1cc2ccc3oc4cc(C(C)(C)C)cc5ccc6oc(c1)c2c3-c6c54. The maximum absolute atomic E-state index is 6.48. The van der Waals surface area contributed by atoms with Crippen molar-refractivity contribution < 1.29 is 8.83 Å². The molecule has 2 aliphatic heterocycles. The van der Waals surface area contributed by atoms with Gasteiger partial charge in [0.05, 0.1) is 0 Å². The Morgan fingerprint density at radius 1 is 0.724 bits per heavy atom. The molecule has 29 heavy (non-hydrogen) atoms. The first-order valence-electron chi connectivity index (χ1n) is 10.1. The summed E-state index contributed by atoms with van der Waals surface area (Å²) in [7, 11) is 0. The molecule has 0 saturated carbocycles. The molecular weight excluding hydrogens is 356 g/mol. The Bertz CT molecular complexity index is 1550. The molecule has 0 unspecified atom stereocenters. The standard InChI is InChI=1S/C27H22O2/c1-14(2)17-10-15-6-8-20-25-23(15)21(12-17)28-19-9-7-16-11-18(27(3,4)5)13-22(29-20)24(16)26(19)25/h6-13H,1H2,2-5H3. The molecule has 6 rings (SSSR count). The van der Waals surface area contributed by atoms with Crippen LogP contribution >= 0.6 is 0 Å². The zero-order chi connectivity index (χ0) is 20.1. The maximum Gasteiger partial charge on any atom is 0.136 e. The summed E-state index contributed by atoms with van der Waals surface area (Å²) in [4.78, 5) is 0. The van der Waals surface area contributed by atoms with E-state index in [1.165, 1.54) is 10.9 Å². The molecule has 4 aromatic carbocycles. The highest BCUT2D eigenvalue weighted by Crippen LogP contribution is 2.49. The predicted octanol–water partition coefficient (Wildman–Crippen LogP) is 8.36. The summed E-state index contributed by atoms with van der Waals surface area (Å²) < 4.78 is 12.9. The molecule has 0 saturated heterocycles. The Labute approximate surface area is 169 Å². The van der Waals surface area contributed by atoms with E-state index in [0.29, 0.717) is 0 Å². The highest BCUT2D eigenvalue weighted by Gasteiger charge is 2.26. The van der Waals surface area contributed by atoms with Crippen molar-refractivity contribution in [3.8, 4) is 11.1 Å². The van der Waals surface area contributed by atoms with Crippen molar-refractivity contribution in [3.63, 3.8) is 0 Å². The second-order valence-electron chi connectivity index (χ2n) is 9.26. The van der Waals surface area contributed by atoms with Gasteiger partial charge >= 0.3 is 0 Å². The summed E-state index contributed by atoms with van der Waals surface area (Å²) in [6, 6.07) is 17.2. The topological polar surface area (TPSA) is 26.3 Å². The molecule has 0 amide bonds. The molecule has 0 fully saturated rings. The minimum absolute atomic E-state index is 0.0518. The summed E-state index contributed by atoms with van der Waals surface area (Å²) in [5, 5.41) is 4.61. The first kappa shape index (κ1) is 16.7. The normalized spacial score (nSPS) is 13.0. The van der Waals surface area contributed by atoms with E-state index >= 15 is 0 Å². The van der Waals surface area contributed by atoms with Crippen molar-refractivity contribution in [1.82, 2.24) is 0 Å². The number of rotatable bonds is 1. The van der Waals surface area contributed by atoms with Gasteiger partial charge in [-0.1, -0.05) is 51.1 Å². The van der Waals surface area contributed by atoms with E-state index in [9.17, 15) is 0 Å². The second-order valence-corrected chi connectivity index (χ2v) is 9.26. The Morgan fingerprint density at radius 3 is 1.83 bits per heavy atom. The molecule has 0 atom stereocenters. The zero-order valence-corrected chi connectivity index (χ0v) is 17.1. The summed E-state index contributed by atoms with van der Waals surface area (Å²) in [6.07, 6.45) is 0. The summed E-state index contributed by atoms with van der Waals surface area (Å²) in [5.74, 6) is 0. The minimum Gasteiger partial charge on any atom is -0.456 e. The van der Waals surface area contributed by atoms with Crippen LogP contribution < -0.4 is 0 Å². The first-order valence-corrected chi connectivity index (χ1v) is 10.1. The Morgan fingerprint density at radius 2 is 1.28 bits per heavy atom. The van der Waals surface area contributed by atoms with E-state index in [0.717, 1.165) is 60.8 Å². The Hall–Kier alpha value is -3.26. The quantitative estimate of drug-likeness (QED) is 0.212. The van der Waals surface area contributed by atoms with Crippen molar-refractivity contribution >= 4 is 49.5 Å². The fourth-order valence-corrected chi connectivity index (χ4v) is 4.56. The van der Waals surface area contributed by atoms with Gasteiger partial charge in [0.1, 0.15) is 22.3 Å². The van der Waals surface area contributed by atoms with Gasteiger partial charge in [-0.15, -0.1) is 0 Å². The highest BCUT2D eigenvalue weighted by atomic mass is 16.3. The Kier molecular flexibility index (Phi) is 2.99. The van der Waals surface area contributed by atoms with Gasteiger partial charge in [-0.25, -0.2) is 0 Å². The third-order valence-corrected chi connectivity index (χ3v) is 6.14. The lowest BCUT2D eigenvalue weighted by molar-refractivity contribution is 0.587. The molecule has 2 heterocycles. The molecule has 142 valence electrons. The van der Waals surface area contributed by atoms with E-state index < -0.39 is 0 Å². The molecule has 2 heteroatoms. The number of benzene rings is 4. The van der Waals surface area contributed by atoms with Crippen LogP contribution in [-0.4, -0.2) is 0 Å². The van der Waals surface area contributed by atoms with Gasteiger partial charge in [-0.2, -0.15) is 0 Å². The lowest BCUT2D eigenvalue weighted by Gasteiger charge is -2.23. The molecule has 0 N–H and O–H groups in total. The molecule has 0 aliphatic carbocycles. The van der Waals surface area contributed by atoms with E-state index in [4.69, 9.17) is 8.83 Å². The molecular formula is C27H22O2. The molecule has 2 aliphatic rings. The van der Waals surface area contributed by atoms with Crippen LogP contribution in [0.5, 0.6) is 0 Å². The number of allylic oxidation sites excluding steroid dienone is 1. The lowest BCUT2D eigenvalue weighted by atomic mass is 9.83. The molecule has 0 bridgehead atoms. The van der Waals surface area contributed by atoms with Crippen molar-refractivity contribution in [2.45, 2.75) is 33.1 Å². The minimum atomic E-state index is 0.0518. The fourth-order valence-electron chi connectivity index (χ4n) is 4.56. The van der Waals surface area contributed by atoms with E-state index in [2.05, 4.69) is 75.9 Å². The average molecular weight is 378 g/mol. The van der Waals surface area contributed by atoms with Gasteiger partial charge in [0.2, 0.25) is 0 Å². The van der Waals surface area contributed by atoms with Gasteiger partial charge in [0, 0.05) is 21.9 Å². The van der Waals surface area contributed by atoms with Crippen molar-refractivity contribution in [2.75, 3.05) is 0 Å². The van der Waals surface area contributed by atoms with Crippen LogP contribution in [0.3, 0.4) is 0 Å². The fraction of sp³-hybridized carbons (Fsp3) is 0.185. The predicted molar refractivity (Wildman–Crippen MR) is 122 cm³/mol. The third-order valence-electron chi connectivity index (χ3n) is 6.14. The lowest BCUT2D eigenvalue weighted by Crippen LogP contribution is -2.11. The van der Waals surface area contributed by atoms with Crippen LogP contribution in [0.4, 0.5) is 0 Å². The van der Waals surface area contributed by atoms with Crippen LogP contribution in [0.15, 0.2) is 63.9 Å². The first-order chi connectivity index (χ1) is 13.8. The van der Waals surface area contributed by atoms with Crippen LogP contribution in [0, 0.1) is 0 Å². The van der Waals surface area contributed by atoms with E-state index in [1.54, 1.807) is 0 Å². The molecule has 0 radical (unpaired) electrons. The zero-order valence-electron chi connectivity index (χ0n) is 17.1. The number of hydrogen-bond acceptors (Lipinski definition) is 2. The van der Waals surface area contributed by atoms with Gasteiger partial charge in [0.25, 0.3) is 0 Å². The van der Waals surface area contributed by atoms with Gasteiger partial charge in [-0.3, -0.25) is 0 Å². The maximum atomic E-state index is 6.48. The van der Waals surface area contributed by atoms with Crippen LogP contribution in [-0.2, 0) is 5.41 Å². The Balaban J connectivity index is 1.87. The highest BCUT2D eigenvalue weighted by molar-refractivity contribution is 6.23. The van der Waals surface area contributed by atoms with Gasteiger partial charge < -0.3 is 8.83 Å². The van der Waals surface area contributed by atoms with Crippen LogP contribution in [0.2, 0.25) is 0 Å². The molecule has 0 spiro atoms. The average Bonchev–Trinajstić information content (AvgIpc) is 2.68. The van der Waals surface area contributed by atoms with Gasteiger partial charge in [0.15, 0.2) is 0 Å². The van der Waals surface area contributed by atoms with Crippen molar-refractivity contribution in [2.24, 2.45) is 0 Å². The summed E-state index contributed by atoms with van der Waals surface area (Å²) in [6.45, 7) is 12.8. The summed E-state index contributed by atoms with van der Waals surface area (Å²) >= 11 is 0. The number of hydrogen-bond donors (Lipinski definition) is 0.